The van der Waals surface area contributed by atoms with Crippen molar-refractivity contribution in [3.8, 4) is 0 Å². The summed E-state index contributed by atoms with van der Waals surface area (Å²) >= 11 is 1.33. The predicted molar refractivity (Wildman–Crippen MR) is 80.7 cm³/mol. The number of nitrogens with two attached hydrogens (primary N) is 2. The van der Waals surface area contributed by atoms with Crippen molar-refractivity contribution in [2.24, 2.45) is 11.5 Å². The standard InChI is InChI=1S/C14H16N4O2S/c15-10(6-9-4-2-1-3-5-9)14-18-11(8-21-14)13(20)17-7-12(16)19/h1-5,8,10H,6-7,15H2,(H2,16,19)(H,17,20). The van der Waals surface area contributed by atoms with E-state index in [0.29, 0.717) is 11.4 Å². The van der Waals surface area contributed by atoms with Crippen molar-refractivity contribution >= 4 is 23.2 Å². The fourth-order valence-electron chi connectivity index (χ4n) is 1.78. The van der Waals surface area contributed by atoms with Crippen LogP contribution in [0.5, 0.6) is 0 Å². The Bertz CT molecular complexity index is 627. The van der Waals surface area contributed by atoms with Gasteiger partial charge in [-0.1, -0.05) is 30.3 Å². The SMILES string of the molecule is NC(=O)CNC(=O)c1csc(C(N)Cc2ccccc2)n1. The molecule has 21 heavy (non-hydrogen) atoms. The molecule has 7 heteroatoms. The van der Waals surface area contributed by atoms with E-state index in [2.05, 4.69) is 10.3 Å². The van der Waals surface area contributed by atoms with Crippen LogP contribution in [0.15, 0.2) is 35.7 Å². The molecule has 1 atom stereocenters. The topological polar surface area (TPSA) is 111 Å². The van der Waals surface area contributed by atoms with Crippen LogP contribution in [0.4, 0.5) is 0 Å². The van der Waals surface area contributed by atoms with E-state index >= 15 is 0 Å². The summed E-state index contributed by atoms with van der Waals surface area (Å²) in [6.45, 7) is -0.207. The number of rotatable bonds is 6. The van der Waals surface area contributed by atoms with Gasteiger partial charge in [0.25, 0.3) is 5.91 Å². The van der Waals surface area contributed by atoms with Crippen LogP contribution in [0.2, 0.25) is 0 Å². The third-order valence-corrected chi connectivity index (χ3v) is 3.77. The fraction of sp³-hybridized carbons (Fsp3) is 0.214. The van der Waals surface area contributed by atoms with E-state index in [0.717, 1.165) is 5.56 Å². The molecule has 2 amide bonds. The highest BCUT2D eigenvalue weighted by molar-refractivity contribution is 7.09. The van der Waals surface area contributed by atoms with Crippen LogP contribution in [0.3, 0.4) is 0 Å². The lowest BCUT2D eigenvalue weighted by molar-refractivity contribution is -0.117. The summed E-state index contributed by atoms with van der Waals surface area (Å²) in [4.78, 5) is 26.6. The van der Waals surface area contributed by atoms with E-state index in [1.54, 1.807) is 5.38 Å². The highest BCUT2D eigenvalue weighted by atomic mass is 32.1. The summed E-state index contributed by atoms with van der Waals surface area (Å²) < 4.78 is 0. The van der Waals surface area contributed by atoms with E-state index in [-0.39, 0.29) is 18.3 Å². The molecule has 0 aliphatic rings. The van der Waals surface area contributed by atoms with Crippen molar-refractivity contribution < 1.29 is 9.59 Å². The molecule has 0 saturated heterocycles. The van der Waals surface area contributed by atoms with Gasteiger partial charge in [0.15, 0.2) is 0 Å². The van der Waals surface area contributed by atoms with Crippen LogP contribution in [-0.2, 0) is 11.2 Å². The van der Waals surface area contributed by atoms with E-state index in [9.17, 15) is 9.59 Å². The molecule has 0 aliphatic carbocycles. The van der Waals surface area contributed by atoms with Crippen molar-refractivity contribution in [2.75, 3.05) is 6.54 Å². The lowest BCUT2D eigenvalue weighted by atomic mass is 10.1. The van der Waals surface area contributed by atoms with Crippen LogP contribution in [0.1, 0.15) is 27.1 Å². The average Bonchev–Trinajstić information content (AvgIpc) is 2.95. The number of thiazole rings is 1. The maximum atomic E-state index is 11.7. The molecular weight excluding hydrogens is 288 g/mol. The van der Waals surface area contributed by atoms with E-state index in [4.69, 9.17) is 11.5 Å². The molecule has 0 radical (unpaired) electrons. The predicted octanol–water partition coefficient (Wildman–Crippen LogP) is 0.601. The van der Waals surface area contributed by atoms with Gasteiger partial charge in [0, 0.05) is 5.38 Å². The second kappa shape index (κ2) is 6.96. The van der Waals surface area contributed by atoms with Crippen LogP contribution in [-0.4, -0.2) is 23.3 Å². The first-order chi connectivity index (χ1) is 10.1. The zero-order valence-electron chi connectivity index (χ0n) is 11.3. The minimum atomic E-state index is -0.598. The van der Waals surface area contributed by atoms with Crippen LogP contribution < -0.4 is 16.8 Å². The van der Waals surface area contributed by atoms with Gasteiger partial charge in [-0.2, -0.15) is 0 Å². The van der Waals surface area contributed by atoms with Gasteiger partial charge in [0.2, 0.25) is 5.91 Å². The van der Waals surface area contributed by atoms with Gasteiger partial charge >= 0.3 is 0 Å². The molecule has 1 aromatic carbocycles. The van der Waals surface area contributed by atoms with Gasteiger partial charge in [-0.25, -0.2) is 4.98 Å². The van der Waals surface area contributed by atoms with E-state index < -0.39 is 11.8 Å². The Kier molecular flexibility index (Phi) is 5.02. The van der Waals surface area contributed by atoms with Crippen molar-refractivity contribution in [3.05, 3.63) is 52.0 Å². The highest BCUT2D eigenvalue weighted by Crippen LogP contribution is 2.20. The number of carbonyl (C=O) groups excluding carboxylic acids is 2. The molecule has 1 aromatic heterocycles. The number of carbonyl (C=O) groups is 2. The van der Waals surface area contributed by atoms with Crippen molar-refractivity contribution in [1.29, 1.82) is 0 Å². The molecule has 0 fully saturated rings. The zero-order valence-corrected chi connectivity index (χ0v) is 12.1. The van der Waals surface area contributed by atoms with Crippen molar-refractivity contribution in [1.82, 2.24) is 10.3 Å². The number of benzene rings is 1. The van der Waals surface area contributed by atoms with Crippen LogP contribution in [0, 0.1) is 0 Å². The van der Waals surface area contributed by atoms with Gasteiger partial charge < -0.3 is 16.8 Å². The molecule has 2 aromatic rings. The molecule has 0 aliphatic heterocycles. The number of nitrogens with one attached hydrogen (secondary N) is 1. The quantitative estimate of drug-likeness (QED) is 0.725. The fourth-order valence-corrected chi connectivity index (χ4v) is 2.58. The number of hydrogen-bond donors (Lipinski definition) is 3. The molecule has 2 rings (SSSR count). The Labute approximate surface area is 126 Å². The number of nitrogens with zero attached hydrogens (tertiary/aromatic N) is 1. The van der Waals surface area contributed by atoms with E-state index in [1.165, 1.54) is 11.3 Å². The summed E-state index contributed by atoms with van der Waals surface area (Å²) in [5.74, 6) is -1.03. The molecule has 6 nitrogen and oxygen atoms in total. The molecule has 0 saturated carbocycles. The molecule has 5 N–H and O–H groups in total. The summed E-state index contributed by atoms with van der Waals surface area (Å²) in [5, 5.41) is 4.70. The van der Waals surface area contributed by atoms with Gasteiger partial charge in [-0.3, -0.25) is 9.59 Å². The summed E-state index contributed by atoms with van der Waals surface area (Å²) in [6.07, 6.45) is 0.650. The van der Waals surface area contributed by atoms with Crippen LogP contribution >= 0.6 is 11.3 Å². The first-order valence-corrected chi connectivity index (χ1v) is 7.25. The summed E-state index contributed by atoms with van der Waals surface area (Å²) in [7, 11) is 0. The second-order valence-corrected chi connectivity index (χ2v) is 5.41. The third kappa shape index (κ3) is 4.37. The maximum Gasteiger partial charge on any atom is 0.271 e. The van der Waals surface area contributed by atoms with Crippen molar-refractivity contribution in [3.63, 3.8) is 0 Å². The van der Waals surface area contributed by atoms with E-state index in [1.807, 2.05) is 30.3 Å². The van der Waals surface area contributed by atoms with Crippen molar-refractivity contribution in [2.45, 2.75) is 12.5 Å². The number of amides is 2. The number of hydrogen-bond acceptors (Lipinski definition) is 5. The average molecular weight is 304 g/mol. The Hall–Kier alpha value is -2.25. The smallest absolute Gasteiger partial charge is 0.271 e. The van der Waals surface area contributed by atoms with Gasteiger partial charge in [0.05, 0.1) is 12.6 Å². The second-order valence-electron chi connectivity index (χ2n) is 4.52. The Morgan fingerprint density at radius 3 is 2.67 bits per heavy atom. The number of aromatic nitrogens is 1. The minimum Gasteiger partial charge on any atom is -0.368 e. The normalized spacial score (nSPS) is 11.9. The first kappa shape index (κ1) is 15.1. The molecular formula is C14H16N4O2S. The van der Waals surface area contributed by atoms with Gasteiger partial charge in [-0.05, 0) is 12.0 Å². The minimum absolute atomic E-state index is 0.207. The Morgan fingerprint density at radius 2 is 2.00 bits per heavy atom. The first-order valence-electron chi connectivity index (χ1n) is 6.37. The Morgan fingerprint density at radius 1 is 1.29 bits per heavy atom. The molecule has 0 bridgehead atoms. The van der Waals surface area contributed by atoms with Gasteiger partial charge in [0.1, 0.15) is 10.7 Å². The zero-order chi connectivity index (χ0) is 15.2. The lowest BCUT2D eigenvalue weighted by Crippen LogP contribution is -2.33. The largest absolute Gasteiger partial charge is 0.368 e. The summed E-state index contributed by atoms with van der Waals surface area (Å²) in [5.41, 5.74) is 12.4. The lowest BCUT2D eigenvalue weighted by Gasteiger charge is -2.08. The third-order valence-electron chi connectivity index (χ3n) is 2.79. The molecule has 1 heterocycles. The monoisotopic (exact) mass is 304 g/mol. The summed E-state index contributed by atoms with van der Waals surface area (Å²) in [6, 6.07) is 9.57. The van der Waals surface area contributed by atoms with Crippen LogP contribution in [0.25, 0.3) is 0 Å². The molecule has 1 unspecified atom stereocenters. The molecule has 110 valence electrons. The molecule has 0 spiro atoms. The maximum absolute atomic E-state index is 11.7. The number of primary amides is 1. The highest BCUT2D eigenvalue weighted by Gasteiger charge is 2.15. The van der Waals surface area contributed by atoms with Gasteiger partial charge in [-0.15, -0.1) is 11.3 Å². The Balaban J connectivity index is 1.98.